The molecule has 0 unspecified atom stereocenters. The Labute approximate surface area is 215 Å². The molecular weight excluding hydrogens is 528 g/mol. The number of benzene rings is 2. The second-order valence-electron chi connectivity index (χ2n) is 9.09. The van der Waals surface area contributed by atoms with Gasteiger partial charge in [0.05, 0.1) is 47.6 Å². The van der Waals surface area contributed by atoms with Crippen molar-refractivity contribution in [3.63, 3.8) is 0 Å². The average Bonchev–Trinajstić information content (AvgIpc) is 3.49. The fraction of sp³-hybridized carbons (Fsp3) is 0.320. The lowest BCUT2D eigenvalue weighted by Gasteiger charge is -2.27. The van der Waals surface area contributed by atoms with E-state index in [9.17, 15) is 30.8 Å². The molecule has 5 rings (SSSR count). The summed E-state index contributed by atoms with van der Waals surface area (Å²) in [5.74, 6) is -1.27. The first-order valence-electron chi connectivity index (χ1n) is 11.7. The van der Waals surface area contributed by atoms with E-state index in [1.165, 1.54) is 24.5 Å². The molecule has 8 nitrogen and oxygen atoms in total. The maximum Gasteiger partial charge on any atom is 0.416 e. The molecule has 0 saturated carbocycles. The first-order chi connectivity index (χ1) is 18.0. The number of nitrogens with one attached hydrogen (secondary N) is 1. The van der Waals surface area contributed by atoms with Gasteiger partial charge >= 0.3 is 6.18 Å². The van der Waals surface area contributed by atoms with Gasteiger partial charge in [-0.05, 0) is 48.9 Å². The quantitative estimate of drug-likeness (QED) is 0.473. The Morgan fingerprint density at radius 1 is 1.05 bits per heavy atom. The minimum Gasteiger partial charge on any atom is -0.379 e. The van der Waals surface area contributed by atoms with E-state index in [0.717, 1.165) is 40.7 Å². The Hall–Kier alpha value is -3.42. The highest BCUT2D eigenvalue weighted by molar-refractivity contribution is 7.89. The monoisotopic (exact) mass is 550 g/mol. The van der Waals surface area contributed by atoms with Gasteiger partial charge < -0.3 is 10.1 Å². The summed E-state index contributed by atoms with van der Waals surface area (Å²) < 4.78 is 85.4. The van der Waals surface area contributed by atoms with Crippen LogP contribution < -0.4 is 5.32 Å². The van der Waals surface area contributed by atoms with Gasteiger partial charge in [-0.25, -0.2) is 22.8 Å². The molecule has 0 radical (unpaired) electrons. The zero-order chi connectivity index (χ0) is 27.1. The number of nitrogens with zero attached hydrogens (tertiary/aromatic N) is 3. The number of hydrogen-bond acceptors (Lipinski definition) is 6. The number of aromatic nitrogens is 2. The summed E-state index contributed by atoms with van der Waals surface area (Å²) in [6, 6.07) is 8.92. The van der Waals surface area contributed by atoms with Gasteiger partial charge in [0.15, 0.2) is 0 Å². The van der Waals surface area contributed by atoms with Gasteiger partial charge in [0, 0.05) is 11.5 Å². The normalized spacial score (nSPS) is 21.8. The van der Waals surface area contributed by atoms with Crippen molar-refractivity contribution in [2.45, 2.75) is 36.1 Å². The van der Waals surface area contributed by atoms with Crippen LogP contribution in [0, 0.1) is 11.7 Å². The fourth-order valence-corrected chi connectivity index (χ4v) is 6.62. The number of rotatable bonds is 6. The second kappa shape index (κ2) is 10.0. The first kappa shape index (κ1) is 26.2. The van der Waals surface area contributed by atoms with Crippen LogP contribution in [0.3, 0.4) is 0 Å². The molecule has 1 aromatic heterocycles. The molecule has 1 N–H and O–H groups in total. The topological polar surface area (TPSA) is 101 Å². The molecule has 2 fully saturated rings. The SMILES string of the molecule is O=C(NCc1cc(-c2ccc(C(F)(F)F)cc2)ncn1)[C@H]1C[C@H]2COC[C@H]2N1S(=O)(=O)c1ccc(F)cc1. The maximum absolute atomic E-state index is 13.4. The number of fused-ring (bicyclic) bond motifs is 1. The molecule has 200 valence electrons. The Bertz CT molecular complexity index is 1430. The molecule has 3 heterocycles. The number of carbonyl (C=O) groups is 1. The van der Waals surface area contributed by atoms with E-state index in [1.807, 2.05) is 0 Å². The van der Waals surface area contributed by atoms with Crippen LogP contribution >= 0.6 is 0 Å². The van der Waals surface area contributed by atoms with Gasteiger partial charge in [0.25, 0.3) is 0 Å². The van der Waals surface area contributed by atoms with E-state index in [4.69, 9.17) is 4.74 Å². The molecular formula is C25H22F4N4O4S. The number of ether oxygens (including phenoxy) is 1. The van der Waals surface area contributed by atoms with Crippen LogP contribution in [-0.4, -0.2) is 53.9 Å². The minimum atomic E-state index is -4.46. The number of amides is 1. The van der Waals surface area contributed by atoms with Crippen molar-refractivity contribution in [3.8, 4) is 11.3 Å². The smallest absolute Gasteiger partial charge is 0.379 e. The summed E-state index contributed by atoms with van der Waals surface area (Å²) >= 11 is 0. The molecule has 3 aromatic rings. The highest BCUT2D eigenvalue weighted by Crippen LogP contribution is 2.39. The largest absolute Gasteiger partial charge is 0.416 e. The third-order valence-corrected chi connectivity index (χ3v) is 8.64. The molecule has 2 aliphatic heterocycles. The molecule has 2 aromatic carbocycles. The van der Waals surface area contributed by atoms with Crippen molar-refractivity contribution < 1.29 is 35.5 Å². The van der Waals surface area contributed by atoms with Crippen LogP contribution in [0.15, 0.2) is 65.8 Å². The number of hydrogen-bond donors (Lipinski definition) is 1. The molecule has 38 heavy (non-hydrogen) atoms. The summed E-state index contributed by atoms with van der Waals surface area (Å²) in [6.07, 6.45) is -2.96. The summed E-state index contributed by atoms with van der Waals surface area (Å²) in [5, 5.41) is 2.72. The molecule has 2 aliphatic rings. The molecule has 1 amide bonds. The van der Waals surface area contributed by atoms with Crippen molar-refractivity contribution in [1.29, 1.82) is 0 Å². The first-order valence-corrected chi connectivity index (χ1v) is 13.1. The number of alkyl halides is 3. The lowest BCUT2D eigenvalue weighted by Crippen LogP contribution is -2.49. The van der Waals surface area contributed by atoms with Crippen LogP contribution in [0.25, 0.3) is 11.3 Å². The lowest BCUT2D eigenvalue weighted by molar-refractivity contribution is -0.137. The van der Waals surface area contributed by atoms with E-state index in [-0.39, 0.29) is 30.4 Å². The molecule has 13 heteroatoms. The Kier molecular flexibility index (Phi) is 6.92. The van der Waals surface area contributed by atoms with E-state index < -0.39 is 45.6 Å². The predicted octanol–water partition coefficient (Wildman–Crippen LogP) is 3.40. The summed E-state index contributed by atoms with van der Waals surface area (Å²) in [5.41, 5.74) is 0.409. The third kappa shape index (κ3) is 5.13. The zero-order valence-corrected chi connectivity index (χ0v) is 20.5. The highest BCUT2D eigenvalue weighted by Gasteiger charge is 2.52. The number of carbonyl (C=O) groups excluding carboxylic acids is 1. The Morgan fingerprint density at radius 2 is 1.76 bits per heavy atom. The van der Waals surface area contributed by atoms with E-state index in [0.29, 0.717) is 23.6 Å². The van der Waals surface area contributed by atoms with Crippen molar-refractivity contribution in [3.05, 3.63) is 78.0 Å². The van der Waals surface area contributed by atoms with Crippen LogP contribution in [0.2, 0.25) is 0 Å². The van der Waals surface area contributed by atoms with Gasteiger partial charge in [-0.3, -0.25) is 4.79 Å². The zero-order valence-electron chi connectivity index (χ0n) is 19.7. The van der Waals surface area contributed by atoms with Gasteiger partial charge in [0.1, 0.15) is 18.2 Å². The van der Waals surface area contributed by atoms with Crippen molar-refractivity contribution in [2.75, 3.05) is 13.2 Å². The van der Waals surface area contributed by atoms with E-state index in [2.05, 4.69) is 15.3 Å². The van der Waals surface area contributed by atoms with Crippen molar-refractivity contribution in [1.82, 2.24) is 19.6 Å². The van der Waals surface area contributed by atoms with Crippen molar-refractivity contribution >= 4 is 15.9 Å². The fourth-order valence-electron chi connectivity index (χ4n) is 4.79. The van der Waals surface area contributed by atoms with Gasteiger partial charge in [-0.1, -0.05) is 12.1 Å². The Morgan fingerprint density at radius 3 is 2.45 bits per heavy atom. The molecule has 3 atom stereocenters. The lowest BCUT2D eigenvalue weighted by atomic mass is 10.0. The third-order valence-electron chi connectivity index (χ3n) is 6.69. The second-order valence-corrected chi connectivity index (χ2v) is 10.9. The molecule has 2 saturated heterocycles. The van der Waals surface area contributed by atoms with Gasteiger partial charge in [-0.2, -0.15) is 17.5 Å². The van der Waals surface area contributed by atoms with Crippen molar-refractivity contribution in [2.24, 2.45) is 5.92 Å². The average molecular weight is 551 g/mol. The molecule has 0 aliphatic carbocycles. The summed E-state index contributed by atoms with van der Waals surface area (Å²) in [7, 11) is -4.12. The van der Waals surface area contributed by atoms with Gasteiger partial charge in [0.2, 0.25) is 15.9 Å². The standard InChI is InChI=1S/C25H22F4N4O4S/c26-18-5-7-20(8-6-18)38(35,36)33-22(9-16-12-37-13-23(16)33)24(34)30-11-19-10-21(32-14-31-19)15-1-3-17(4-2-15)25(27,28)29/h1-8,10,14,16,22-23H,9,11-13H2,(H,30,34)/t16-,22+,23+/m0/s1. The molecule has 0 spiro atoms. The van der Waals surface area contributed by atoms with Crippen LogP contribution in [0.1, 0.15) is 17.7 Å². The minimum absolute atomic E-state index is 0.0538. The Balaban J connectivity index is 1.32. The van der Waals surface area contributed by atoms with E-state index >= 15 is 0 Å². The van der Waals surface area contributed by atoms with Crippen LogP contribution in [0.5, 0.6) is 0 Å². The van der Waals surface area contributed by atoms with Crippen LogP contribution in [0.4, 0.5) is 17.6 Å². The van der Waals surface area contributed by atoms with Gasteiger partial charge in [-0.15, -0.1) is 0 Å². The summed E-state index contributed by atoms with van der Waals surface area (Å²) in [4.78, 5) is 21.3. The van der Waals surface area contributed by atoms with E-state index in [1.54, 1.807) is 0 Å². The highest BCUT2D eigenvalue weighted by atomic mass is 32.2. The number of sulfonamides is 1. The van der Waals surface area contributed by atoms with Crippen LogP contribution in [-0.2, 0) is 32.3 Å². The maximum atomic E-state index is 13.4. The number of halogens is 4. The predicted molar refractivity (Wildman–Crippen MR) is 126 cm³/mol. The summed E-state index contributed by atoms with van der Waals surface area (Å²) in [6.45, 7) is 0.422. The molecule has 0 bridgehead atoms.